The second-order valence-corrected chi connectivity index (χ2v) is 20.5. The van der Waals surface area contributed by atoms with Gasteiger partial charge in [-0.15, -0.1) is 11.6 Å². The third-order valence-electron chi connectivity index (χ3n) is 2.70. The van der Waals surface area contributed by atoms with Crippen LogP contribution in [0.15, 0.2) is 59.8 Å². The molecule has 0 radical (unpaired) electrons. The quantitative estimate of drug-likeness (QED) is 0.351. The Balaban J connectivity index is 2.69. The van der Waals surface area contributed by atoms with Gasteiger partial charge in [-0.1, -0.05) is 30.3 Å². The zero-order chi connectivity index (χ0) is 15.1. The number of rotatable bonds is 3. The van der Waals surface area contributed by atoms with Gasteiger partial charge in [0.05, 0.1) is 5.15 Å². The maximum atomic E-state index is 12.0. The van der Waals surface area contributed by atoms with Crippen molar-refractivity contribution in [3.8, 4) is 0 Å². The van der Waals surface area contributed by atoms with E-state index in [0.717, 1.165) is 0 Å². The van der Waals surface area contributed by atoms with Gasteiger partial charge in [0.15, 0.2) is 6.20 Å². The van der Waals surface area contributed by atoms with Crippen LogP contribution in [0.5, 0.6) is 0 Å². The van der Waals surface area contributed by atoms with Gasteiger partial charge in [0.2, 0.25) is 0 Å². The topological polar surface area (TPSA) is 26.9 Å². The molecular formula is C12H10Cl5NOS. The Labute approximate surface area is 139 Å². The molecule has 2 nitrogen and oxygen atoms in total. The maximum absolute atomic E-state index is 12.0. The first-order chi connectivity index (χ1) is 9.06. The normalized spacial score (nSPS) is 17.1. The van der Waals surface area contributed by atoms with E-state index >= 15 is 0 Å². The van der Waals surface area contributed by atoms with Crippen LogP contribution in [0.4, 0.5) is 0 Å². The Morgan fingerprint density at radius 3 is 2.00 bits per heavy atom. The van der Waals surface area contributed by atoms with Gasteiger partial charge in [-0.25, -0.2) is 0 Å². The van der Waals surface area contributed by atoms with E-state index in [-0.39, 0.29) is 5.03 Å². The van der Waals surface area contributed by atoms with Crippen LogP contribution in [0.1, 0.15) is 10.3 Å². The molecule has 0 aliphatic rings. The number of hydrogen-bond acceptors (Lipinski definition) is 1. The molecule has 2 aromatic rings. The van der Waals surface area contributed by atoms with Crippen molar-refractivity contribution in [3.05, 3.63) is 65.5 Å². The molecule has 2 rings (SSSR count). The third-order valence-corrected chi connectivity index (χ3v) is 11.7. The number of alkyl halides is 1. The summed E-state index contributed by atoms with van der Waals surface area (Å²) >= 11 is 6.36. The summed E-state index contributed by atoms with van der Waals surface area (Å²) in [5.74, 6) is 0. The van der Waals surface area contributed by atoms with Crippen LogP contribution in [-0.4, -0.2) is 0 Å². The first-order valence-corrected chi connectivity index (χ1v) is 11.7. The first kappa shape index (κ1) is 16.3. The fourth-order valence-electron chi connectivity index (χ4n) is 1.73. The minimum absolute atomic E-state index is 0.178. The van der Waals surface area contributed by atoms with Crippen molar-refractivity contribution < 1.29 is 4.73 Å². The maximum Gasteiger partial charge on any atom is 0.268 e. The van der Waals surface area contributed by atoms with E-state index in [1.165, 1.54) is 18.3 Å². The average molecular weight is 394 g/mol. The molecule has 0 amide bonds. The summed E-state index contributed by atoms with van der Waals surface area (Å²) in [5.41, 5.74) is 0.523. The highest BCUT2D eigenvalue weighted by Gasteiger charge is 2.68. The molecule has 110 valence electrons. The van der Waals surface area contributed by atoms with Gasteiger partial charge in [-0.05, 0) is 54.4 Å². The van der Waals surface area contributed by atoms with E-state index in [9.17, 15) is 5.21 Å². The third kappa shape index (κ3) is 2.80. The van der Waals surface area contributed by atoms with Gasteiger partial charge < -0.3 is 5.21 Å². The van der Waals surface area contributed by atoms with E-state index in [1.54, 1.807) is 36.4 Å². The van der Waals surface area contributed by atoms with Gasteiger partial charge >= 0.3 is 0 Å². The van der Waals surface area contributed by atoms with E-state index in [2.05, 4.69) is 0 Å². The van der Waals surface area contributed by atoms with Crippen LogP contribution in [0.2, 0.25) is 0 Å². The average Bonchev–Trinajstić information content (AvgIpc) is 2.38. The van der Waals surface area contributed by atoms with Crippen LogP contribution in [0, 0.1) is 5.21 Å². The predicted octanol–water partition coefficient (Wildman–Crippen LogP) is 6.11. The Hall–Kier alpha value is -0.0300. The molecule has 0 aliphatic heterocycles. The molecule has 0 saturated carbocycles. The van der Waals surface area contributed by atoms with Crippen molar-refractivity contribution in [2.24, 2.45) is 0 Å². The van der Waals surface area contributed by atoms with Crippen molar-refractivity contribution in [2.75, 3.05) is 0 Å². The Morgan fingerprint density at radius 1 is 0.900 bits per heavy atom. The summed E-state index contributed by atoms with van der Waals surface area (Å²) in [7, 11) is 25.7. The number of benzene rings is 1. The Kier molecular flexibility index (Phi) is 3.87. The van der Waals surface area contributed by atoms with E-state index in [0.29, 0.717) is 10.3 Å². The molecule has 0 bridgehead atoms. The molecule has 0 aliphatic carbocycles. The van der Waals surface area contributed by atoms with Crippen molar-refractivity contribution >= 4 is 59.5 Å². The summed E-state index contributed by atoms with van der Waals surface area (Å²) in [6.45, 7) is 0. The Morgan fingerprint density at radius 2 is 1.45 bits per heavy atom. The number of hydrogen-bond donors (Lipinski definition) is 0. The van der Waals surface area contributed by atoms with Gasteiger partial charge in [0.1, 0.15) is 4.71 Å². The second-order valence-electron chi connectivity index (χ2n) is 4.22. The zero-order valence-corrected chi connectivity index (χ0v) is 14.5. The molecule has 1 aromatic carbocycles. The van der Waals surface area contributed by atoms with Crippen molar-refractivity contribution in [1.29, 1.82) is 0 Å². The lowest BCUT2D eigenvalue weighted by atomic mass is 10.2. The van der Waals surface area contributed by atoms with Crippen LogP contribution >= 0.6 is 59.5 Å². The van der Waals surface area contributed by atoms with E-state index < -0.39 is 9.86 Å². The van der Waals surface area contributed by atoms with Crippen LogP contribution in [0.25, 0.3) is 0 Å². The molecule has 1 atom stereocenters. The molecular weight excluding hydrogens is 383 g/mol. The number of pyridine rings is 1. The fourth-order valence-corrected chi connectivity index (χ4v) is 6.53. The number of nitrogens with zero attached hydrogens (tertiary/aromatic N) is 1. The van der Waals surface area contributed by atoms with Crippen LogP contribution < -0.4 is 4.73 Å². The van der Waals surface area contributed by atoms with E-state index in [4.69, 9.17) is 54.3 Å². The molecule has 0 spiro atoms. The molecule has 1 aromatic heterocycles. The number of halogens is 5. The molecule has 1 unspecified atom stereocenters. The van der Waals surface area contributed by atoms with Crippen molar-refractivity contribution in [1.82, 2.24) is 0 Å². The minimum atomic E-state index is -5.10. The summed E-state index contributed by atoms with van der Waals surface area (Å²) in [6, 6.07) is 13.1. The van der Waals surface area contributed by atoms with Gasteiger partial charge in [-0.2, -0.15) is 4.73 Å². The lowest BCUT2D eigenvalue weighted by molar-refractivity contribution is -0.646. The largest absolute Gasteiger partial charge is 0.618 e. The SMILES string of the molecule is [O-][n+]1ccccc1S(Cl)(Cl)(Cl)(Cl)C(Cl)c1ccccc1. The first-order valence-electron chi connectivity index (χ1n) is 5.43. The molecule has 20 heavy (non-hydrogen) atoms. The Bertz CT molecular complexity index is 642. The van der Waals surface area contributed by atoms with Gasteiger partial charge in [0, 0.05) is 12.1 Å². The second kappa shape index (κ2) is 4.73. The molecule has 0 N–H and O–H groups in total. The molecule has 8 heteroatoms. The van der Waals surface area contributed by atoms with Crippen molar-refractivity contribution in [2.45, 2.75) is 9.74 Å². The summed E-state index contributed by atoms with van der Waals surface area (Å²) < 4.78 is -0.745. The highest BCUT2D eigenvalue weighted by molar-refractivity contribution is 9.14. The van der Waals surface area contributed by atoms with Crippen LogP contribution in [-0.2, 0) is 0 Å². The summed E-state index contributed by atoms with van der Waals surface area (Å²) in [4.78, 5) is 0. The van der Waals surface area contributed by atoms with E-state index in [1.807, 2.05) is 0 Å². The fraction of sp³-hybridized carbons (Fsp3) is 0.0833. The summed E-state index contributed by atoms with van der Waals surface area (Å²) in [5, 5.41) is 6.68. The lowest BCUT2D eigenvalue weighted by Crippen LogP contribution is -2.36. The standard InChI is InChI=1S/C12H10Cl5NOS/c13-12(10-6-2-1-3-7-10)20(14,15,16,17)11-8-4-5-9-18(11)19/h1-9,12H. The zero-order valence-electron chi connectivity index (χ0n) is 9.93. The van der Waals surface area contributed by atoms with Crippen molar-refractivity contribution in [3.63, 3.8) is 0 Å². The molecule has 1 heterocycles. The lowest BCUT2D eigenvalue weighted by Gasteiger charge is -2.56. The predicted molar refractivity (Wildman–Crippen MR) is 89.7 cm³/mol. The van der Waals surface area contributed by atoms with Gasteiger partial charge in [0.25, 0.3) is 5.03 Å². The summed E-state index contributed by atoms with van der Waals surface area (Å²) in [6.07, 6.45) is 1.21. The van der Waals surface area contributed by atoms with Crippen LogP contribution in [0.3, 0.4) is 0 Å². The highest BCUT2D eigenvalue weighted by Crippen LogP contribution is 3.14. The minimum Gasteiger partial charge on any atom is -0.618 e. The monoisotopic (exact) mass is 391 g/mol. The number of aromatic nitrogens is 1. The van der Waals surface area contributed by atoms with Gasteiger partial charge in [-0.3, -0.25) is 0 Å². The molecule has 0 fully saturated rings. The molecule has 0 saturated heterocycles. The highest BCUT2D eigenvalue weighted by atomic mass is 36.4. The smallest absolute Gasteiger partial charge is 0.268 e.